The fraction of sp³-hybridized carbons (Fsp3) is 0.462. The normalized spacial score (nSPS) is 13.5. The van der Waals surface area contributed by atoms with Crippen molar-refractivity contribution in [2.45, 2.75) is 38.6 Å². The highest BCUT2D eigenvalue weighted by atomic mass is 32.1. The number of hydrogen-bond donors (Lipinski definition) is 2. The Bertz CT molecular complexity index is 517. The second kappa shape index (κ2) is 5.73. The standard InChI is InChI=1S/C13H19N5S/c1-13(2,3)11-7-19-12(17-11)6-10(18-14)9-4-5-15-8-16-9/h4-5,7-8,10,18H,6,14H2,1-3H3. The van der Waals surface area contributed by atoms with Gasteiger partial charge in [0, 0.05) is 23.4 Å². The van der Waals surface area contributed by atoms with Crippen molar-refractivity contribution in [3.63, 3.8) is 0 Å². The fourth-order valence-electron chi connectivity index (χ4n) is 1.68. The van der Waals surface area contributed by atoms with Crippen molar-refractivity contribution in [2.24, 2.45) is 5.84 Å². The van der Waals surface area contributed by atoms with E-state index in [1.807, 2.05) is 6.07 Å². The van der Waals surface area contributed by atoms with E-state index < -0.39 is 0 Å². The van der Waals surface area contributed by atoms with Crippen LogP contribution in [0.3, 0.4) is 0 Å². The number of hydrogen-bond acceptors (Lipinski definition) is 6. The molecule has 2 rings (SSSR count). The maximum absolute atomic E-state index is 5.61. The lowest BCUT2D eigenvalue weighted by Crippen LogP contribution is -2.30. The van der Waals surface area contributed by atoms with Crippen LogP contribution in [0.15, 0.2) is 24.0 Å². The Hall–Kier alpha value is -1.37. The minimum Gasteiger partial charge on any atom is -0.271 e. The van der Waals surface area contributed by atoms with E-state index in [0.717, 1.165) is 22.8 Å². The molecule has 102 valence electrons. The van der Waals surface area contributed by atoms with Crippen molar-refractivity contribution in [2.75, 3.05) is 0 Å². The van der Waals surface area contributed by atoms with Gasteiger partial charge in [0.2, 0.25) is 0 Å². The van der Waals surface area contributed by atoms with E-state index in [1.54, 1.807) is 17.5 Å². The smallest absolute Gasteiger partial charge is 0.115 e. The van der Waals surface area contributed by atoms with Gasteiger partial charge in [-0.2, -0.15) is 0 Å². The lowest BCUT2D eigenvalue weighted by Gasteiger charge is -2.15. The SMILES string of the molecule is CC(C)(C)c1csc(CC(NN)c2ccncn2)n1. The van der Waals surface area contributed by atoms with E-state index in [0.29, 0.717) is 0 Å². The van der Waals surface area contributed by atoms with E-state index in [-0.39, 0.29) is 11.5 Å². The number of thiazole rings is 1. The van der Waals surface area contributed by atoms with Crippen molar-refractivity contribution in [1.29, 1.82) is 0 Å². The highest BCUT2D eigenvalue weighted by Crippen LogP contribution is 2.26. The van der Waals surface area contributed by atoms with Gasteiger partial charge in [0.15, 0.2) is 0 Å². The van der Waals surface area contributed by atoms with Crippen LogP contribution in [0.5, 0.6) is 0 Å². The summed E-state index contributed by atoms with van der Waals surface area (Å²) in [6.45, 7) is 6.48. The molecule has 0 aliphatic rings. The zero-order valence-electron chi connectivity index (χ0n) is 11.4. The lowest BCUT2D eigenvalue weighted by molar-refractivity contribution is 0.529. The van der Waals surface area contributed by atoms with Gasteiger partial charge in [-0.3, -0.25) is 11.3 Å². The summed E-state index contributed by atoms with van der Waals surface area (Å²) in [7, 11) is 0. The zero-order valence-corrected chi connectivity index (χ0v) is 12.2. The van der Waals surface area contributed by atoms with Gasteiger partial charge in [-0.25, -0.2) is 15.0 Å². The second-order valence-corrected chi connectivity index (χ2v) is 6.38. The highest BCUT2D eigenvalue weighted by molar-refractivity contribution is 7.09. The summed E-state index contributed by atoms with van der Waals surface area (Å²) in [4.78, 5) is 12.8. The Kier molecular flexibility index (Phi) is 4.24. The average Bonchev–Trinajstić information content (AvgIpc) is 2.85. The predicted octanol–water partition coefficient (Wildman–Crippen LogP) is 1.98. The molecule has 5 nitrogen and oxygen atoms in total. The molecule has 0 aliphatic carbocycles. The molecule has 19 heavy (non-hydrogen) atoms. The van der Waals surface area contributed by atoms with Crippen molar-refractivity contribution in [3.8, 4) is 0 Å². The van der Waals surface area contributed by atoms with Gasteiger partial charge in [0.05, 0.1) is 22.4 Å². The summed E-state index contributed by atoms with van der Waals surface area (Å²) in [5.41, 5.74) is 4.87. The Morgan fingerprint density at radius 3 is 2.74 bits per heavy atom. The predicted molar refractivity (Wildman–Crippen MR) is 76.6 cm³/mol. The van der Waals surface area contributed by atoms with Crippen LogP contribution in [0, 0.1) is 0 Å². The van der Waals surface area contributed by atoms with E-state index in [1.165, 1.54) is 6.33 Å². The van der Waals surface area contributed by atoms with Crippen LogP contribution in [0.25, 0.3) is 0 Å². The highest BCUT2D eigenvalue weighted by Gasteiger charge is 2.19. The van der Waals surface area contributed by atoms with Crippen molar-refractivity contribution < 1.29 is 0 Å². The first-order valence-corrected chi connectivity index (χ1v) is 7.05. The minimum atomic E-state index is -0.0398. The lowest BCUT2D eigenvalue weighted by atomic mass is 9.93. The monoisotopic (exact) mass is 277 g/mol. The van der Waals surface area contributed by atoms with Crippen LogP contribution in [-0.2, 0) is 11.8 Å². The maximum atomic E-state index is 5.61. The number of aromatic nitrogens is 3. The molecule has 2 aromatic heterocycles. The third kappa shape index (κ3) is 3.56. The molecule has 1 atom stereocenters. The van der Waals surface area contributed by atoms with Crippen LogP contribution < -0.4 is 11.3 Å². The molecule has 2 heterocycles. The first-order chi connectivity index (χ1) is 9.00. The molecule has 0 fully saturated rings. The third-order valence-corrected chi connectivity index (χ3v) is 3.73. The first kappa shape index (κ1) is 14.0. The molecular weight excluding hydrogens is 258 g/mol. The number of nitrogens with two attached hydrogens (primary N) is 1. The first-order valence-electron chi connectivity index (χ1n) is 6.17. The van der Waals surface area contributed by atoms with E-state index in [9.17, 15) is 0 Å². The van der Waals surface area contributed by atoms with Gasteiger partial charge in [0.25, 0.3) is 0 Å². The second-order valence-electron chi connectivity index (χ2n) is 5.43. The Morgan fingerprint density at radius 2 is 2.21 bits per heavy atom. The van der Waals surface area contributed by atoms with Crippen LogP contribution in [0.4, 0.5) is 0 Å². The number of nitrogens with zero attached hydrogens (tertiary/aromatic N) is 3. The molecule has 0 amide bonds. The maximum Gasteiger partial charge on any atom is 0.115 e. The van der Waals surface area contributed by atoms with Gasteiger partial charge in [-0.1, -0.05) is 20.8 Å². The molecule has 0 aliphatic heterocycles. The van der Waals surface area contributed by atoms with Gasteiger partial charge in [0.1, 0.15) is 6.33 Å². The molecule has 2 aromatic rings. The van der Waals surface area contributed by atoms with Gasteiger partial charge in [-0.15, -0.1) is 11.3 Å². The van der Waals surface area contributed by atoms with Crippen LogP contribution in [0.1, 0.15) is 43.2 Å². The Morgan fingerprint density at radius 1 is 1.42 bits per heavy atom. The van der Waals surface area contributed by atoms with Crippen molar-refractivity contribution in [3.05, 3.63) is 40.4 Å². The molecule has 0 spiro atoms. The average molecular weight is 277 g/mol. The zero-order chi connectivity index (χ0) is 13.9. The van der Waals surface area contributed by atoms with Crippen molar-refractivity contribution >= 4 is 11.3 Å². The van der Waals surface area contributed by atoms with E-state index in [4.69, 9.17) is 5.84 Å². The summed E-state index contributed by atoms with van der Waals surface area (Å²) >= 11 is 1.66. The van der Waals surface area contributed by atoms with Crippen LogP contribution in [-0.4, -0.2) is 15.0 Å². The molecule has 3 N–H and O–H groups in total. The quantitative estimate of drug-likeness (QED) is 0.660. The van der Waals surface area contributed by atoms with Crippen molar-refractivity contribution in [1.82, 2.24) is 20.4 Å². The Balaban J connectivity index is 2.13. The Labute approximate surface area is 117 Å². The number of rotatable bonds is 4. The molecule has 0 saturated carbocycles. The van der Waals surface area contributed by atoms with Gasteiger partial charge >= 0.3 is 0 Å². The third-order valence-electron chi connectivity index (χ3n) is 2.86. The molecular formula is C13H19N5S. The summed E-state index contributed by atoms with van der Waals surface area (Å²) in [5.74, 6) is 5.61. The van der Waals surface area contributed by atoms with Crippen LogP contribution in [0.2, 0.25) is 0 Å². The molecule has 0 saturated heterocycles. The minimum absolute atomic E-state index is 0.0398. The molecule has 0 radical (unpaired) electrons. The number of nitrogens with one attached hydrogen (secondary N) is 1. The molecule has 0 bridgehead atoms. The molecule has 0 aromatic carbocycles. The summed E-state index contributed by atoms with van der Waals surface area (Å²) in [6, 6.07) is 1.82. The largest absolute Gasteiger partial charge is 0.271 e. The molecule has 1 unspecified atom stereocenters. The van der Waals surface area contributed by atoms with Gasteiger partial charge in [-0.05, 0) is 6.07 Å². The molecule has 6 heteroatoms. The van der Waals surface area contributed by atoms with E-state index >= 15 is 0 Å². The number of hydrazine groups is 1. The van der Waals surface area contributed by atoms with E-state index in [2.05, 4.69) is 46.5 Å². The summed E-state index contributed by atoms with van der Waals surface area (Å²) in [6.07, 6.45) is 3.98. The summed E-state index contributed by atoms with van der Waals surface area (Å²) < 4.78 is 0. The topological polar surface area (TPSA) is 76.7 Å². The van der Waals surface area contributed by atoms with Crippen LogP contribution >= 0.6 is 11.3 Å². The fourth-order valence-corrected chi connectivity index (χ4v) is 2.75. The summed E-state index contributed by atoms with van der Waals surface area (Å²) in [5, 5.41) is 3.18. The van der Waals surface area contributed by atoms with Gasteiger partial charge < -0.3 is 0 Å².